The number of carbonyl (C=O) groups excluding carboxylic acids is 1. The quantitative estimate of drug-likeness (QED) is 0.900. The topological polar surface area (TPSA) is 69.7 Å². The molecule has 7 heteroatoms. The molecule has 3 rings (SSSR count). The zero-order valence-corrected chi connectivity index (χ0v) is 14.5. The molecule has 0 unspecified atom stereocenters. The molecular weight excluding hydrogens is 328 g/mol. The summed E-state index contributed by atoms with van der Waals surface area (Å²) in [5.74, 6) is 0.600. The Bertz CT molecular complexity index is 678. The van der Waals surface area contributed by atoms with E-state index in [9.17, 15) is 4.79 Å². The summed E-state index contributed by atoms with van der Waals surface area (Å²) in [5.41, 5.74) is 1.78. The molecule has 24 heavy (non-hydrogen) atoms. The zero-order valence-electron chi connectivity index (χ0n) is 13.7. The molecule has 0 bridgehead atoms. The fourth-order valence-corrected chi connectivity index (χ4v) is 2.99. The summed E-state index contributed by atoms with van der Waals surface area (Å²) in [7, 11) is 0. The molecule has 2 heterocycles. The minimum atomic E-state index is -0.571. The van der Waals surface area contributed by atoms with Gasteiger partial charge in [0, 0.05) is 10.9 Å². The Morgan fingerprint density at radius 2 is 2.12 bits per heavy atom. The van der Waals surface area contributed by atoms with Crippen LogP contribution in [0.2, 0.25) is 0 Å². The third-order valence-electron chi connectivity index (χ3n) is 3.36. The van der Waals surface area contributed by atoms with E-state index in [1.165, 1.54) is 11.3 Å². The highest BCUT2D eigenvalue weighted by molar-refractivity contribution is 7.14. The third kappa shape index (κ3) is 4.31. The smallest absolute Gasteiger partial charge is 0.257 e. The Balaban J connectivity index is 1.63. The summed E-state index contributed by atoms with van der Waals surface area (Å²) in [5, 5.41) is 5.23. The maximum absolute atomic E-state index is 12.1. The maximum atomic E-state index is 12.1. The van der Waals surface area contributed by atoms with Crippen molar-refractivity contribution in [3.8, 4) is 17.0 Å². The lowest BCUT2D eigenvalue weighted by Crippen LogP contribution is -2.39. The number of ether oxygens (including phenoxy) is 3. The van der Waals surface area contributed by atoms with E-state index in [2.05, 4.69) is 10.3 Å². The standard InChI is InChI=1S/C17H20N2O4S/c1-11(2)23-13-5-3-12(4-6-13)14-10-24-17(18-14)19-16(20)15-9-21-7-8-22-15/h3-6,10-11,15H,7-9H2,1-2H3,(H,18,19,20)/t15-/m0/s1. The van der Waals surface area contributed by atoms with E-state index in [1.807, 2.05) is 43.5 Å². The number of hydrogen-bond acceptors (Lipinski definition) is 6. The minimum absolute atomic E-state index is 0.142. The number of amides is 1. The van der Waals surface area contributed by atoms with E-state index in [0.29, 0.717) is 18.3 Å². The largest absolute Gasteiger partial charge is 0.491 e. The van der Waals surface area contributed by atoms with Crippen molar-refractivity contribution in [1.82, 2.24) is 4.98 Å². The summed E-state index contributed by atoms with van der Waals surface area (Å²) < 4.78 is 16.2. The van der Waals surface area contributed by atoms with Crippen molar-refractivity contribution < 1.29 is 19.0 Å². The average molecular weight is 348 g/mol. The van der Waals surface area contributed by atoms with Crippen LogP contribution in [0.3, 0.4) is 0 Å². The summed E-state index contributed by atoms with van der Waals surface area (Å²) in [6, 6.07) is 7.74. The molecule has 1 aromatic carbocycles. The van der Waals surface area contributed by atoms with Gasteiger partial charge in [-0.1, -0.05) is 0 Å². The highest BCUT2D eigenvalue weighted by Crippen LogP contribution is 2.27. The van der Waals surface area contributed by atoms with Gasteiger partial charge < -0.3 is 14.2 Å². The van der Waals surface area contributed by atoms with E-state index in [0.717, 1.165) is 17.0 Å². The van der Waals surface area contributed by atoms with Crippen molar-refractivity contribution in [3.63, 3.8) is 0 Å². The second kappa shape index (κ2) is 7.74. The van der Waals surface area contributed by atoms with Crippen molar-refractivity contribution >= 4 is 22.4 Å². The number of hydrogen-bond donors (Lipinski definition) is 1. The van der Waals surface area contributed by atoms with Gasteiger partial charge in [-0.3, -0.25) is 10.1 Å². The molecule has 1 amide bonds. The predicted molar refractivity (Wildman–Crippen MR) is 92.5 cm³/mol. The van der Waals surface area contributed by atoms with Crippen LogP contribution < -0.4 is 10.1 Å². The number of rotatable bonds is 5. The van der Waals surface area contributed by atoms with Gasteiger partial charge in [0.15, 0.2) is 11.2 Å². The number of benzene rings is 1. The van der Waals surface area contributed by atoms with Crippen molar-refractivity contribution in [2.24, 2.45) is 0 Å². The molecule has 0 aliphatic carbocycles. The molecular formula is C17H20N2O4S. The molecule has 0 spiro atoms. The highest BCUT2D eigenvalue weighted by atomic mass is 32.1. The SMILES string of the molecule is CC(C)Oc1ccc(-c2csc(NC(=O)[C@@H]3COCCO3)n2)cc1. The Labute approximate surface area is 144 Å². The van der Waals surface area contributed by atoms with Gasteiger partial charge in [-0.15, -0.1) is 11.3 Å². The van der Waals surface area contributed by atoms with E-state index in [1.54, 1.807) is 0 Å². The van der Waals surface area contributed by atoms with E-state index in [-0.39, 0.29) is 18.6 Å². The first-order valence-electron chi connectivity index (χ1n) is 7.84. The second-order valence-electron chi connectivity index (χ2n) is 5.65. The van der Waals surface area contributed by atoms with Gasteiger partial charge >= 0.3 is 0 Å². The van der Waals surface area contributed by atoms with Crippen LogP contribution in [-0.4, -0.2) is 42.9 Å². The van der Waals surface area contributed by atoms with Crippen molar-refractivity contribution in [3.05, 3.63) is 29.6 Å². The van der Waals surface area contributed by atoms with Gasteiger partial charge in [-0.2, -0.15) is 0 Å². The Kier molecular flexibility index (Phi) is 5.44. The van der Waals surface area contributed by atoms with Crippen molar-refractivity contribution in [2.75, 3.05) is 25.1 Å². The zero-order chi connectivity index (χ0) is 16.9. The number of aromatic nitrogens is 1. The molecule has 0 radical (unpaired) electrons. The lowest BCUT2D eigenvalue weighted by Gasteiger charge is -2.21. The summed E-state index contributed by atoms with van der Waals surface area (Å²) in [6.07, 6.45) is -0.429. The number of nitrogens with zero attached hydrogens (tertiary/aromatic N) is 1. The van der Waals surface area contributed by atoms with Crippen LogP contribution in [0.25, 0.3) is 11.3 Å². The van der Waals surface area contributed by atoms with E-state index < -0.39 is 6.10 Å². The predicted octanol–water partition coefficient (Wildman–Crippen LogP) is 2.95. The van der Waals surface area contributed by atoms with Gasteiger partial charge in [-0.25, -0.2) is 4.98 Å². The number of carbonyl (C=O) groups is 1. The lowest BCUT2D eigenvalue weighted by atomic mass is 10.2. The molecule has 128 valence electrons. The number of thiazole rings is 1. The second-order valence-corrected chi connectivity index (χ2v) is 6.51. The molecule has 6 nitrogen and oxygen atoms in total. The first-order chi connectivity index (χ1) is 11.6. The molecule has 1 aromatic heterocycles. The summed E-state index contributed by atoms with van der Waals surface area (Å²) in [6.45, 7) is 5.23. The number of nitrogens with one attached hydrogen (secondary N) is 1. The lowest BCUT2D eigenvalue weighted by molar-refractivity contribution is -0.142. The maximum Gasteiger partial charge on any atom is 0.257 e. The van der Waals surface area contributed by atoms with Crippen molar-refractivity contribution in [1.29, 1.82) is 0 Å². The van der Waals surface area contributed by atoms with Crippen molar-refractivity contribution in [2.45, 2.75) is 26.1 Å². The molecule has 1 fully saturated rings. The van der Waals surface area contributed by atoms with Crippen LogP contribution in [0.4, 0.5) is 5.13 Å². The average Bonchev–Trinajstić information content (AvgIpc) is 3.04. The van der Waals surface area contributed by atoms with Crippen LogP contribution >= 0.6 is 11.3 Å². The van der Waals surface area contributed by atoms with Gasteiger partial charge in [0.1, 0.15) is 5.75 Å². The molecule has 1 aliphatic rings. The first-order valence-corrected chi connectivity index (χ1v) is 8.72. The summed E-state index contributed by atoms with van der Waals surface area (Å²) >= 11 is 1.38. The van der Waals surface area contributed by atoms with Crippen LogP contribution in [0.5, 0.6) is 5.75 Å². The van der Waals surface area contributed by atoms with Crippen LogP contribution in [0.1, 0.15) is 13.8 Å². The fraction of sp³-hybridized carbons (Fsp3) is 0.412. The molecule has 0 saturated carbocycles. The van der Waals surface area contributed by atoms with Gasteiger partial charge in [-0.05, 0) is 38.1 Å². The molecule has 2 aromatic rings. The van der Waals surface area contributed by atoms with Gasteiger partial charge in [0.2, 0.25) is 0 Å². The van der Waals surface area contributed by atoms with Crippen LogP contribution in [0.15, 0.2) is 29.6 Å². The highest BCUT2D eigenvalue weighted by Gasteiger charge is 2.23. The Morgan fingerprint density at radius 1 is 1.33 bits per heavy atom. The van der Waals surface area contributed by atoms with Gasteiger partial charge in [0.05, 0.1) is 31.6 Å². The Hall–Kier alpha value is -1.96. The monoisotopic (exact) mass is 348 g/mol. The van der Waals surface area contributed by atoms with Crippen LogP contribution in [-0.2, 0) is 14.3 Å². The number of anilines is 1. The minimum Gasteiger partial charge on any atom is -0.491 e. The third-order valence-corrected chi connectivity index (χ3v) is 4.12. The molecule has 1 aliphatic heterocycles. The Morgan fingerprint density at radius 3 is 2.79 bits per heavy atom. The molecule has 1 atom stereocenters. The van der Waals surface area contributed by atoms with Gasteiger partial charge in [0.25, 0.3) is 5.91 Å². The first kappa shape index (κ1) is 16.9. The molecule has 1 saturated heterocycles. The van der Waals surface area contributed by atoms with E-state index in [4.69, 9.17) is 14.2 Å². The normalized spacial score (nSPS) is 17.7. The van der Waals surface area contributed by atoms with E-state index >= 15 is 0 Å². The molecule has 1 N–H and O–H groups in total. The fourth-order valence-electron chi connectivity index (χ4n) is 2.27. The summed E-state index contributed by atoms with van der Waals surface area (Å²) in [4.78, 5) is 16.5. The van der Waals surface area contributed by atoms with Crippen LogP contribution in [0, 0.1) is 0 Å².